The molecule has 0 aromatic rings. The summed E-state index contributed by atoms with van der Waals surface area (Å²) in [6.07, 6.45) is 6.00. The molecule has 1 heterocycles. The predicted molar refractivity (Wildman–Crippen MR) is 78.0 cm³/mol. The van der Waals surface area contributed by atoms with Crippen LogP contribution in [0.4, 0.5) is 0 Å². The van der Waals surface area contributed by atoms with E-state index in [9.17, 15) is 0 Å². The maximum absolute atomic E-state index is 5.35. The van der Waals surface area contributed by atoms with Crippen LogP contribution in [-0.4, -0.2) is 50.3 Å². The Morgan fingerprint density at radius 1 is 1.33 bits per heavy atom. The third-order valence-corrected chi connectivity index (χ3v) is 3.40. The van der Waals surface area contributed by atoms with Crippen molar-refractivity contribution >= 4 is 0 Å². The highest BCUT2D eigenvalue weighted by Gasteiger charge is 2.09. The van der Waals surface area contributed by atoms with Crippen molar-refractivity contribution in [3.8, 4) is 0 Å². The van der Waals surface area contributed by atoms with Gasteiger partial charge in [-0.1, -0.05) is 11.6 Å². The molecule has 106 valence electrons. The summed E-state index contributed by atoms with van der Waals surface area (Å²) >= 11 is 0. The second-order valence-electron chi connectivity index (χ2n) is 5.52. The topological polar surface area (TPSA) is 24.5 Å². The molecule has 0 spiro atoms. The number of rotatable bonds is 8. The molecule has 18 heavy (non-hydrogen) atoms. The van der Waals surface area contributed by atoms with E-state index in [1.807, 2.05) is 0 Å². The first kappa shape index (κ1) is 15.7. The van der Waals surface area contributed by atoms with E-state index in [0.29, 0.717) is 6.04 Å². The van der Waals surface area contributed by atoms with E-state index in [-0.39, 0.29) is 0 Å². The van der Waals surface area contributed by atoms with Gasteiger partial charge in [0.1, 0.15) is 0 Å². The average Bonchev–Trinajstić information content (AvgIpc) is 2.35. The van der Waals surface area contributed by atoms with E-state index < -0.39 is 0 Å². The first-order valence-corrected chi connectivity index (χ1v) is 7.35. The number of morpholine rings is 1. The van der Waals surface area contributed by atoms with Crippen LogP contribution in [0.2, 0.25) is 0 Å². The summed E-state index contributed by atoms with van der Waals surface area (Å²) in [5.74, 6) is 0. The van der Waals surface area contributed by atoms with Crippen LogP contribution in [0.5, 0.6) is 0 Å². The maximum atomic E-state index is 5.35. The van der Waals surface area contributed by atoms with Crippen LogP contribution < -0.4 is 5.32 Å². The minimum Gasteiger partial charge on any atom is -0.379 e. The molecule has 0 bridgehead atoms. The lowest BCUT2D eigenvalue weighted by atomic mass is 10.1. The zero-order chi connectivity index (χ0) is 13.2. The Kier molecular flexibility index (Phi) is 8.31. The fourth-order valence-corrected chi connectivity index (χ4v) is 2.20. The van der Waals surface area contributed by atoms with Crippen LogP contribution in [0.15, 0.2) is 11.6 Å². The van der Waals surface area contributed by atoms with Crippen molar-refractivity contribution in [1.29, 1.82) is 0 Å². The standard InChI is InChI=1S/C15H30N2O/c1-14(2)6-4-7-15(3)16-8-5-9-17-10-12-18-13-11-17/h6,15-16H,4-5,7-13H2,1-3H3/t15-/m1/s1. The average molecular weight is 254 g/mol. The van der Waals surface area contributed by atoms with Gasteiger partial charge >= 0.3 is 0 Å². The van der Waals surface area contributed by atoms with E-state index in [4.69, 9.17) is 4.74 Å². The summed E-state index contributed by atoms with van der Waals surface area (Å²) in [4.78, 5) is 2.50. The molecule has 1 aliphatic rings. The Balaban J connectivity index is 1.94. The lowest BCUT2D eigenvalue weighted by Crippen LogP contribution is -2.38. The molecule has 0 unspecified atom stereocenters. The van der Waals surface area contributed by atoms with Crippen LogP contribution in [-0.2, 0) is 4.74 Å². The number of hydrogen-bond acceptors (Lipinski definition) is 3. The summed E-state index contributed by atoms with van der Waals surface area (Å²) in [5.41, 5.74) is 1.43. The van der Waals surface area contributed by atoms with Gasteiger partial charge in [-0.25, -0.2) is 0 Å². The molecule has 1 fully saturated rings. The predicted octanol–water partition coefficient (Wildman–Crippen LogP) is 2.43. The van der Waals surface area contributed by atoms with Gasteiger partial charge in [0.15, 0.2) is 0 Å². The minimum atomic E-state index is 0.630. The Labute approximate surface area is 113 Å². The highest BCUT2D eigenvalue weighted by Crippen LogP contribution is 2.02. The van der Waals surface area contributed by atoms with E-state index in [0.717, 1.165) is 32.8 Å². The Hall–Kier alpha value is -0.380. The fourth-order valence-electron chi connectivity index (χ4n) is 2.20. The van der Waals surface area contributed by atoms with Gasteiger partial charge in [-0.15, -0.1) is 0 Å². The number of nitrogens with zero attached hydrogens (tertiary/aromatic N) is 1. The van der Waals surface area contributed by atoms with Crippen LogP contribution >= 0.6 is 0 Å². The van der Waals surface area contributed by atoms with Crippen LogP contribution in [0, 0.1) is 0 Å². The van der Waals surface area contributed by atoms with E-state index in [2.05, 4.69) is 37.1 Å². The molecule has 3 nitrogen and oxygen atoms in total. The maximum Gasteiger partial charge on any atom is 0.0594 e. The molecule has 1 aliphatic heterocycles. The van der Waals surface area contributed by atoms with Gasteiger partial charge < -0.3 is 10.1 Å². The third-order valence-electron chi connectivity index (χ3n) is 3.40. The molecule has 1 rings (SSSR count). The Morgan fingerprint density at radius 2 is 2.06 bits per heavy atom. The number of hydrogen-bond donors (Lipinski definition) is 1. The van der Waals surface area contributed by atoms with Gasteiger partial charge in [-0.2, -0.15) is 0 Å². The lowest BCUT2D eigenvalue weighted by molar-refractivity contribution is 0.0374. The van der Waals surface area contributed by atoms with Crippen molar-refractivity contribution in [2.75, 3.05) is 39.4 Å². The third kappa shape index (κ3) is 7.85. The molecule has 3 heteroatoms. The highest BCUT2D eigenvalue weighted by molar-refractivity contribution is 4.93. The van der Waals surface area contributed by atoms with Crippen molar-refractivity contribution in [2.45, 2.75) is 46.1 Å². The number of allylic oxidation sites excluding steroid dienone is 2. The smallest absolute Gasteiger partial charge is 0.0594 e. The monoisotopic (exact) mass is 254 g/mol. The molecule has 0 aromatic heterocycles. The van der Waals surface area contributed by atoms with Crippen molar-refractivity contribution < 1.29 is 4.74 Å². The summed E-state index contributed by atoms with van der Waals surface area (Å²) in [6, 6.07) is 0.630. The lowest BCUT2D eigenvalue weighted by Gasteiger charge is -2.26. The number of ether oxygens (including phenoxy) is 1. The van der Waals surface area contributed by atoms with E-state index in [1.54, 1.807) is 0 Å². The first-order valence-electron chi connectivity index (χ1n) is 7.35. The van der Waals surface area contributed by atoms with Crippen molar-refractivity contribution in [3.05, 3.63) is 11.6 Å². The van der Waals surface area contributed by atoms with Crippen molar-refractivity contribution in [3.63, 3.8) is 0 Å². The van der Waals surface area contributed by atoms with Gasteiger partial charge in [0, 0.05) is 19.1 Å². The molecule has 0 radical (unpaired) electrons. The second-order valence-corrected chi connectivity index (χ2v) is 5.52. The SMILES string of the molecule is CC(C)=CCC[C@@H](C)NCCCN1CCOCC1. The van der Waals surface area contributed by atoms with Gasteiger partial charge in [-0.05, 0) is 53.1 Å². The molecular weight excluding hydrogens is 224 g/mol. The summed E-state index contributed by atoms with van der Waals surface area (Å²) in [7, 11) is 0. The summed E-state index contributed by atoms with van der Waals surface area (Å²) in [6.45, 7) is 13.0. The quantitative estimate of drug-likeness (QED) is 0.532. The minimum absolute atomic E-state index is 0.630. The van der Waals surface area contributed by atoms with Crippen LogP contribution in [0.25, 0.3) is 0 Å². The van der Waals surface area contributed by atoms with Crippen LogP contribution in [0.3, 0.4) is 0 Å². The van der Waals surface area contributed by atoms with Gasteiger partial charge in [0.2, 0.25) is 0 Å². The molecule has 0 saturated carbocycles. The normalized spacial score (nSPS) is 18.6. The van der Waals surface area contributed by atoms with Gasteiger partial charge in [0.25, 0.3) is 0 Å². The Morgan fingerprint density at radius 3 is 2.72 bits per heavy atom. The van der Waals surface area contributed by atoms with Gasteiger partial charge in [-0.3, -0.25) is 4.90 Å². The van der Waals surface area contributed by atoms with Crippen molar-refractivity contribution in [2.24, 2.45) is 0 Å². The van der Waals surface area contributed by atoms with Crippen LogP contribution in [0.1, 0.15) is 40.0 Å². The van der Waals surface area contributed by atoms with E-state index >= 15 is 0 Å². The Bertz CT molecular complexity index is 231. The zero-order valence-corrected chi connectivity index (χ0v) is 12.4. The summed E-state index contributed by atoms with van der Waals surface area (Å²) in [5, 5.41) is 3.61. The highest BCUT2D eigenvalue weighted by atomic mass is 16.5. The molecule has 1 N–H and O–H groups in total. The molecule has 1 atom stereocenters. The zero-order valence-electron chi connectivity index (χ0n) is 12.4. The second kappa shape index (κ2) is 9.54. The van der Waals surface area contributed by atoms with Crippen molar-refractivity contribution in [1.82, 2.24) is 10.2 Å². The first-order chi connectivity index (χ1) is 8.68. The molecule has 0 aromatic carbocycles. The summed E-state index contributed by atoms with van der Waals surface area (Å²) < 4.78 is 5.35. The largest absolute Gasteiger partial charge is 0.379 e. The fraction of sp³-hybridized carbons (Fsp3) is 0.867. The molecule has 0 aliphatic carbocycles. The molecule has 0 amide bonds. The number of nitrogens with one attached hydrogen (secondary N) is 1. The van der Waals surface area contributed by atoms with E-state index in [1.165, 1.54) is 31.4 Å². The van der Waals surface area contributed by atoms with Gasteiger partial charge in [0.05, 0.1) is 13.2 Å². The molecular formula is C15H30N2O. The molecule has 1 saturated heterocycles.